The van der Waals surface area contributed by atoms with E-state index in [0.29, 0.717) is 0 Å². The van der Waals surface area contributed by atoms with Crippen LogP contribution in [0.15, 0.2) is 18.2 Å². The molecule has 0 unspecified atom stereocenters. The Balaban J connectivity index is 2.54. The number of aliphatic hydroxyl groups is 1. The molecule has 0 fully saturated rings. The fourth-order valence-electron chi connectivity index (χ4n) is 1.25. The summed E-state index contributed by atoms with van der Waals surface area (Å²) in [5.74, 6) is -2.76. The van der Waals surface area contributed by atoms with E-state index in [1.165, 1.54) is 0 Å². The van der Waals surface area contributed by atoms with Gasteiger partial charge in [0.15, 0.2) is 6.04 Å². The highest BCUT2D eigenvalue weighted by Gasteiger charge is 2.18. The van der Waals surface area contributed by atoms with Crippen LogP contribution in [0.25, 0.3) is 0 Å². The van der Waals surface area contributed by atoms with Gasteiger partial charge < -0.3 is 20.8 Å². The molecule has 0 bridgehead atoms. The molecule has 0 aliphatic heterocycles. The second-order valence-corrected chi connectivity index (χ2v) is 3.64. The van der Waals surface area contributed by atoms with E-state index in [1.54, 1.807) is 0 Å². The Kier molecular flexibility index (Phi) is 5.19. The van der Waals surface area contributed by atoms with Crippen LogP contribution >= 0.6 is 0 Å². The molecule has 19 heavy (non-hydrogen) atoms. The Hall–Kier alpha value is -2.22. The highest BCUT2D eigenvalue weighted by molar-refractivity contribution is 5.82. The van der Waals surface area contributed by atoms with Gasteiger partial charge >= 0.3 is 12.0 Å². The fourth-order valence-corrected chi connectivity index (χ4v) is 1.25. The predicted molar refractivity (Wildman–Crippen MR) is 60.2 cm³/mol. The molecule has 0 aromatic heterocycles. The number of halogens is 2. The average Bonchev–Trinajstić information content (AvgIpc) is 2.36. The number of aliphatic carboxylic acids is 1. The van der Waals surface area contributed by atoms with Crippen LogP contribution in [0.2, 0.25) is 0 Å². The van der Waals surface area contributed by atoms with Crippen molar-refractivity contribution in [3.05, 3.63) is 35.4 Å². The van der Waals surface area contributed by atoms with Crippen LogP contribution in [-0.2, 0) is 11.3 Å². The molecule has 4 N–H and O–H groups in total. The third-order valence-corrected chi connectivity index (χ3v) is 2.23. The van der Waals surface area contributed by atoms with Crippen LogP contribution in [0, 0.1) is 11.6 Å². The molecule has 0 heterocycles. The monoisotopic (exact) mass is 274 g/mol. The molecule has 8 heteroatoms. The van der Waals surface area contributed by atoms with Crippen molar-refractivity contribution in [3.63, 3.8) is 0 Å². The van der Waals surface area contributed by atoms with Gasteiger partial charge in [-0.15, -0.1) is 0 Å². The van der Waals surface area contributed by atoms with E-state index < -0.39 is 36.3 Å². The molecule has 1 aromatic carbocycles. The molecule has 6 nitrogen and oxygen atoms in total. The standard InChI is InChI=1S/C11H12F2N2O4/c12-7-1-2-8(13)6(3-7)4-14-11(19)15-9(5-16)10(17)18/h1-3,9,16H,4-5H2,(H,17,18)(H2,14,15,19)/t9-/m1/s1. The number of aliphatic hydroxyl groups excluding tert-OH is 1. The molecule has 0 saturated carbocycles. The van der Waals surface area contributed by atoms with Gasteiger partial charge in [-0.1, -0.05) is 0 Å². The average molecular weight is 274 g/mol. The Labute approximate surface area is 107 Å². The summed E-state index contributed by atoms with van der Waals surface area (Å²) in [6.07, 6.45) is 0. The number of nitrogens with one attached hydrogen (secondary N) is 2. The maximum Gasteiger partial charge on any atom is 0.328 e. The first-order chi connectivity index (χ1) is 8.93. The van der Waals surface area contributed by atoms with Crippen molar-refractivity contribution < 1.29 is 28.6 Å². The van der Waals surface area contributed by atoms with E-state index >= 15 is 0 Å². The van der Waals surface area contributed by atoms with E-state index in [-0.39, 0.29) is 12.1 Å². The van der Waals surface area contributed by atoms with Gasteiger partial charge in [0.1, 0.15) is 11.6 Å². The third-order valence-electron chi connectivity index (χ3n) is 2.23. The molecule has 0 saturated heterocycles. The van der Waals surface area contributed by atoms with Gasteiger partial charge in [0.2, 0.25) is 0 Å². The van der Waals surface area contributed by atoms with E-state index in [9.17, 15) is 18.4 Å². The molecule has 1 aromatic rings. The summed E-state index contributed by atoms with van der Waals surface area (Å²) in [5, 5.41) is 21.4. The van der Waals surface area contributed by atoms with Crippen molar-refractivity contribution in [1.29, 1.82) is 0 Å². The van der Waals surface area contributed by atoms with Crippen LogP contribution in [0.1, 0.15) is 5.56 Å². The third kappa shape index (κ3) is 4.51. The zero-order valence-corrected chi connectivity index (χ0v) is 9.69. The van der Waals surface area contributed by atoms with Gasteiger partial charge in [-0.3, -0.25) is 0 Å². The maximum atomic E-state index is 13.2. The fraction of sp³-hybridized carbons (Fsp3) is 0.273. The van der Waals surface area contributed by atoms with Gasteiger partial charge in [0, 0.05) is 12.1 Å². The van der Waals surface area contributed by atoms with E-state index in [4.69, 9.17) is 10.2 Å². The number of carboxylic acid groups (broad SMARTS) is 1. The highest BCUT2D eigenvalue weighted by atomic mass is 19.1. The molecule has 104 valence electrons. The number of amides is 2. The summed E-state index contributed by atoms with van der Waals surface area (Å²) in [6.45, 7) is -1.09. The number of hydrogen-bond donors (Lipinski definition) is 4. The minimum atomic E-state index is -1.46. The molecule has 0 aliphatic carbocycles. The summed E-state index contributed by atoms with van der Waals surface area (Å²) in [5.41, 5.74) is -0.0778. The van der Waals surface area contributed by atoms with Crippen molar-refractivity contribution in [1.82, 2.24) is 10.6 Å². The van der Waals surface area contributed by atoms with Crippen molar-refractivity contribution >= 4 is 12.0 Å². The second kappa shape index (κ2) is 6.64. The van der Waals surface area contributed by atoms with Crippen molar-refractivity contribution in [2.75, 3.05) is 6.61 Å². The summed E-state index contributed by atoms with van der Waals surface area (Å²) in [7, 11) is 0. The Morgan fingerprint density at radius 3 is 2.58 bits per heavy atom. The van der Waals surface area contributed by atoms with Crippen molar-refractivity contribution in [2.45, 2.75) is 12.6 Å². The molecule has 0 spiro atoms. The van der Waals surface area contributed by atoms with Gasteiger partial charge in [-0.2, -0.15) is 0 Å². The first-order valence-electron chi connectivity index (χ1n) is 5.26. The molecular formula is C11H12F2N2O4. The Morgan fingerprint density at radius 2 is 2.00 bits per heavy atom. The first-order valence-corrected chi connectivity index (χ1v) is 5.26. The molecular weight excluding hydrogens is 262 g/mol. The molecule has 2 amide bonds. The Bertz CT molecular complexity index is 482. The number of hydrogen-bond acceptors (Lipinski definition) is 3. The quantitative estimate of drug-likeness (QED) is 0.617. The van der Waals surface area contributed by atoms with Crippen LogP contribution in [0.5, 0.6) is 0 Å². The second-order valence-electron chi connectivity index (χ2n) is 3.64. The Morgan fingerprint density at radius 1 is 1.32 bits per heavy atom. The lowest BCUT2D eigenvalue weighted by Gasteiger charge is -2.12. The van der Waals surface area contributed by atoms with Gasteiger partial charge in [-0.25, -0.2) is 18.4 Å². The minimum absolute atomic E-state index is 0.0778. The summed E-state index contributed by atoms with van der Waals surface area (Å²) in [4.78, 5) is 21.8. The lowest BCUT2D eigenvalue weighted by Crippen LogP contribution is -2.47. The normalized spacial score (nSPS) is 11.7. The van der Waals surface area contributed by atoms with Crippen molar-refractivity contribution in [2.24, 2.45) is 0 Å². The summed E-state index contributed by atoms with van der Waals surface area (Å²) >= 11 is 0. The van der Waals surface area contributed by atoms with Gasteiger partial charge in [0.05, 0.1) is 6.61 Å². The van der Waals surface area contributed by atoms with E-state index in [2.05, 4.69) is 5.32 Å². The summed E-state index contributed by atoms with van der Waals surface area (Å²) < 4.78 is 26.0. The van der Waals surface area contributed by atoms with Crippen molar-refractivity contribution in [3.8, 4) is 0 Å². The van der Waals surface area contributed by atoms with E-state index in [1.807, 2.05) is 5.32 Å². The smallest absolute Gasteiger partial charge is 0.328 e. The predicted octanol–water partition coefficient (Wildman–Crippen LogP) is 0.210. The number of carbonyl (C=O) groups excluding carboxylic acids is 1. The van der Waals surface area contributed by atoms with Crippen LogP contribution < -0.4 is 10.6 Å². The highest BCUT2D eigenvalue weighted by Crippen LogP contribution is 2.08. The van der Waals surface area contributed by atoms with Crippen LogP contribution in [-0.4, -0.2) is 34.9 Å². The van der Waals surface area contributed by atoms with Gasteiger partial charge in [-0.05, 0) is 18.2 Å². The topological polar surface area (TPSA) is 98.7 Å². The largest absolute Gasteiger partial charge is 0.480 e. The summed E-state index contributed by atoms with van der Waals surface area (Å²) in [6, 6.07) is 0.391. The molecule has 0 radical (unpaired) electrons. The lowest BCUT2D eigenvalue weighted by atomic mass is 10.2. The molecule has 1 rings (SSSR count). The minimum Gasteiger partial charge on any atom is -0.480 e. The molecule has 1 atom stereocenters. The number of urea groups is 1. The van der Waals surface area contributed by atoms with Gasteiger partial charge in [0.25, 0.3) is 0 Å². The number of carboxylic acids is 1. The zero-order valence-electron chi connectivity index (χ0n) is 9.69. The van der Waals surface area contributed by atoms with Crippen LogP contribution in [0.4, 0.5) is 13.6 Å². The SMILES string of the molecule is O=C(NCc1cc(F)ccc1F)N[C@H](CO)C(=O)O. The number of benzene rings is 1. The zero-order chi connectivity index (χ0) is 14.4. The number of carbonyl (C=O) groups is 2. The molecule has 0 aliphatic rings. The number of rotatable bonds is 5. The maximum absolute atomic E-state index is 13.2. The first kappa shape index (κ1) is 14.8. The van der Waals surface area contributed by atoms with E-state index in [0.717, 1.165) is 18.2 Å². The lowest BCUT2D eigenvalue weighted by molar-refractivity contribution is -0.140. The van der Waals surface area contributed by atoms with Crippen LogP contribution in [0.3, 0.4) is 0 Å².